The topological polar surface area (TPSA) is 79.2 Å². The van der Waals surface area contributed by atoms with Gasteiger partial charge in [-0.05, 0) is 26.2 Å². The molecule has 0 bridgehead atoms. The summed E-state index contributed by atoms with van der Waals surface area (Å²) in [6.45, 7) is 2.40. The van der Waals surface area contributed by atoms with Crippen LogP contribution in [-0.2, 0) is 9.47 Å². The minimum absolute atomic E-state index is 0.153. The lowest BCUT2D eigenvalue weighted by Crippen LogP contribution is -2.42. The maximum Gasteiger partial charge on any atom is 0.114 e. The van der Waals surface area contributed by atoms with Crippen molar-refractivity contribution in [1.82, 2.24) is 0 Å². The molecule has 1 aliphatic rings. The van der Waals surface area contributed by atoms with E-state index in [0.717, 1.165) is 12.8 Å². The largest absolute Gasteiger partial charge is 0.394 e. The molecule has 4 atom stereocenters. The second kappa shape index (κ2) is 13.8. The minimum atomic E-state index is -1.00. The summed E-state index contributed by atoms with van der Waals surface area (Å²) in [5.74, 6) is 0. The van der Waals surface area contributed by atoms with Crippen LogP contribution < -0.4 is 0 Å². The third-order valence-corrected chi connectivity index (χ3v) is 4.54. The molecule has 0 aromatic carbocycles. The van der Waals surface area contributed by atoms with Crippen LogP contribution in [0.15, 0.2) is 12.2 Å². The van der Waals surface area contributed by atoms with Gasteiger partial charge in [0.2, 0.25) is 0 Å². The van der Waals surface area contributed by atoms with Crippen LogP contribution in [-0.4, -0.2) is 59.6 Å². The van der Waals surface area contributed by atoms with E-state index in [1.54, 1.807) is 0 Å². The lowest BCUT2D eigenvalue weighted by atomic mass is 10.1. The number of unbranched alkanes of at least 4 members (excludes halogenated alkanes) is 8. The maximum atomic E-state index is 9.83. The van der Waals surface area contributed by atoms with Crippen LogP contribution in [0.3, 0.4) is 0 Å². The van der Waals surface area contributed by atoms with E-state index in [9.17, 15) is 10.2 Å². The van der Waals surface area contributed by atoms with Gasteiger partial charge < -0.3 is 24.8 Å². The monoisotopic (exact) mass is 344 g/mol. The van der Waals surface area contributed by atoms with Crippen LogP contribution >= 0.6 is 0 Å². The van der Waals surface area contributed by atoms with Crippen molar-refractivity contribution in [3.63, 3.8) is 0 Å². The summed E-state index contributed by atoms with van der Waals surface area (Å²) in [6.07, 6.45) is 12.5. The van der Waals surface area contributed by atoms with Crippen molar-refractivity contribution in [3.8, 4) is 0 Å². The summed E-state index contributed by atoms with van der Waals surface area (Å²) >= 11 is 0. The minimum Gasteiger partial charge on any atom is -0.394 e. The maximum absolute atomic E-state index is 9.83. The van der Waals surface area contributed by atoms with Crippen molar-refractivity contribution in [3.05, 3.63) is 12.2 Å². The SMILES string of the molecule is C/C=C/CCCCCCCCCCO[C@@H]1[C@H]([C@H](O)CO)OC[C@@H]1O. The molecule has 1 fully saturated rings. The number of rotatable bonds is 14. The van der Waals surface area contributed by atoms with E-state index >= 15 is 0 Å². The van der Waals surface area contributed by atoms with E-state index in [4.69, 9.17) is 14.6 Å². The molecule has 5 heteroatoms. The third-order valence-electron chi connectivity index (χ3n) is 4.54. The summed E-state index contributed by atoms with van der Waals surface area (Å²) < 4.78 is 11.0. The highest BCUT2D eigenvalue weighted by molar-refractivity contribution is 4.89. The molecule has 1 heterocycles. The van der Waals surface area contributed by atoms with Crippen LogP contribution in [0.1, 0.15) is 64.7 Å². The van der Waals surface area contributed by atoms with Gasteiger partial charge in [0.1, 0.15) is 24.4 Å². The molecule has 0 radical (unpaired) electrons. The highest BCUT2D eigenvalue weighted by atomic mass is 16.6. The van der Waals surface area contributed by atoms with Crippen molar-refractivity contribution >= 4 is 0 Å². The molecule has 0 aliphatic carbocycles. The Labute approximate surface area is 146 Å². The number of aliphatic hydroxyl groups is 3. The molecule has 0 aromatic heterocycles. The number of hydrogen-bond acceptors (Lipinski definition) is 5. The fourth-order valence-corrected chi connectivity index (χ4v) is 3.07. The molecule has 24 heavy (non-hydrogen) atoms. The average molecular weight is 344 g/mol. The molecule has 0 unspecified atom stereocenters. The fraction of sp³-hybridized carbons (Fsp3) is 0.895. The summed E-state index contributed by atoms with van der Waals surface area (Å²) in [4.78, 5) is 0. The predicted octanol–water partition coefficient (Wildman–Crippen LogP) is 2.57. The van der Waals surface area contributed by atoms with Crippen molar-refractivity contribution in [2.24, 2.45) is 0 Å². The van der Waals surface area contributed by atoms with Crippen LogP contribution in [0.5, 0.6) is 0 Å². The molecule has 5 nitrogen and oxygen atoms in total. The van der Waals surface area contributed by atoms with Crippen LogP contribution in [0.25, 0.3) is 0 Å². The molecule has 0 saturated carbocycles. The zero-order valence-corrected chi connectivity index (χ0v) is 15.1. The van der Waals surface area contributed by atoms with Gasteiger partial charge in [-0.2, -0.15) is 0 Å². The molecule has 1 saturated heterocycles. The van der Waals surface area contributed by atoms with Gasteiger partial charge in [0.25, 0.3) is 0 Å². The number of aliphatic hydroxyl groups excluding tert-OH is 3. The first-order valence-electron chi connectivity index (χ1n) is 9.52. The molecular weight excluding hydrogens is 308 g/mol. The van der Waals surface area contributed by atoms with Crippen LogP contribution in [0, 0.1) is 0 Å². The molecule has 1 rings (SSSR count). The Kier molecular flexibility index (Phi) is 12.4. The van der Waals surface area contributed by atoms with Crippen molar-refractivity contribution in [1.29, 1.82) is 0 Å². The van der Waals surface area contributed by atoms with Gasteiger partial charge in [0.05, 0.1) is 13.2 Å². The number of allylic oxidation sites excluding steroid dienone is 2. The zero-order chi connectivity index (χ0) is 17.6. The van der Waals surface area contributed by atoms with Gasteiger partial charge in [0, 0.05) is 6.61 Å². The highest BCUT2D eigenvalue weighted by Crippen LogP contribution is 2.21. The van der Waals surface area contributed by atoms with E-state index in [1.165, 1.54) is 44.9 Å². The van der Waals surface area contributed by atoms with Crippen LogP contribution in [0.4, 0.5) is 0 Å². The first-order valence-corrected chi connectivity index (χ1v) is 9.52. The fourth-order valence-electron chi connectivity index (χ4n) is 3.07. The third kappa shape index (κ3) is 8.58. The van der Waals surface area contributed by atoms with Gasteiger partial charge in [-0.1, -0.05) is 50.7 Å². The zero-order valence-electron chi connectivity index (χ0n) is 15.1. The van der Waals surface area contributed by atoms with Gasteiger partial charge in [-0.3, -0.25) is 0 Å². The van der Waals surface area contributed by atoms with E-state index < -0.39 is 24.4 Å². The van der Waals surface area contributed by atoms with E-state index in [2.05, 4.69) is 19.1 Å². The smallest absolute Gasteiger partial charge is 0.114 e. The Hall–Kier alpha value is -0.460. The quantitative estimate of drug-likeness (QED) is 0.333. The Morgan fingerprint density at radius 2 is 1.71 bits per heavy atom. The number of hydrogen-bond donors (Lipinski definition) is 3. The average Bonchev–Trinajstić information content (AvgIpc) is 2.96. The second-order valence-corrected chi connectivity index (χ2v) is 6.64. The summed E-state index contributed by atoms with van der Waals surface area (Å²) in [6, 6.07) is 0. The van der Waals surface area contributed by atoms with Crippen molar-refractivity contribution in [2.75, 3.05) is 19.8 Å². The lowest BCUT2D eigenvalue weighted by Gasteiger charge is -2.23. The van der Waals surface area contributed by atoms with E-state index in [1.807, 2.05) is 0 Å². The highest BCUT2D eigenvalue weighted by Gasteiger charge is 2.40. The Morgan fingerprint density at radius 3 is 2.33 bits per heavy atom. The Balaban J connectivity index is 1.96. The standard InChI is InChI=1S/C19H36O5/c1-2-3-4-5-6-7-8-9-10-11-12-13-23-19-17(22)15-24-18(19)16(21)14-20/h2-3,16-22H,4-15H2,1H3/b3-2+/t16-,17+,18+,19+/m1/s1. The summed E-state index contributed by atoms with van der Waals surface area (Å²) in [5.41, 5.74) is 0. The van der Waals surface area contributed by atoms with Crippen molar-refractivity contribution < 1.29 is 24.8 Å². The molecule has 0 spiro atoms. The van der Waals surface area contributed by atoms with Gasteiger partial charge in [-0.25, -0.2) is 0 Å². The Bertz CT molecular complexity index is 321. The van der Waals surface area contributed by atoms with E-state index in [0.29, 0.717) is 6.61 Å². The molecule has 0 aromatic rings. The first kappa shape index (κ1) is 21.6. The molecular formula is C19H36O5. The van der Waals surface area contributed by atoms with E-state index in [-0.39, 0.29) is 13.2 Å². The molecule has 142 valence electrons. The van der Waals surface area contributed by atoms with Crippen LogP contribution in [0.2, 0.25) is 0 Å². The lowest BCUT2D eigenvalue weighted by molar-refractivity contribution is -0.0938. The molecule has 0 amide bonds. The first-order chi connectivity index (χ1) is 11.7. The molecule has 3 N–H and O–H groups in total. The van der Waals surface area contributed by atoms with Gasteiger partial charge in [0.15, 0.2) is 0 Å². The molecule has 1 aliphatic heterocycles. The predicted molar refractivity (Wildman–Crippen MR) is 94.9 cm³/mol. The summed E-state index contributed by atoms with van der Waals surface area (Å²) in [5, 5.41) is 28.5. The number of ether oxygens (including phenoxy) is 2. The normalized spacial score (nSPS) is 25.6. The second-order valence-electron chi connectivity index (χ2n) is 6.64. The van der Waals surface area contributed by atoms with Crippen molar-refractivity contribution in [2.45, 2.75) is 89.1 Å². The van der Waals surface area contributed by atoms with Gasteiger partial charge >= 0.3 is 0 Å². The van der Waals surface area contributed by atoms with Gasteiger partial charge in [-0.15, -0.1) is 0 Å². The summed E-state index contributed by atoms with van der Waals surface area (Å²) in [7, 11) is 0. The Morgan fingerprint density at radius 1 is 1.08 bits per heavy atom.